The van der Waals surface area contributed by atoms with Crippen molar-refractivity contribution in [3.63, 3.8) is 0 Å². The molecule has 0 bridgehead atoms. The zero-order valence-electron chi connectivity index (χ0n) is 19.1. The summed E-state index contributed by atoms with van der Waals surface area (Å²) >= 11 is 0. The fourth-order valence-corrected chi connectivity index (χ4v) is 4.19. The molecule has 0 saturated carbocycles. The van der Waals surface area contributed by atoms with E-state index < -0.39 is 0 Å². The lowest BCUT2D eigenvalue weighted by Gasteiger charge is -2.16. The SMILES string of the molecule is COc1ccc(-c2nn(Cc3ccccc3)cc2C(=O)Nc2ccc(N3CCCC3)nc2)cc1. The van der Waals surface area contributed by atoms with Crippen LogP contribution in [0.4, 0.5) is 11.5 Å². The van der Waals surface area contributed by atoms with Gasteiger partial charge in [-0.05, 0) is 54.8 Å². The minimum absolute atomic E-state index is 0.221. The van der Waals surface area contributed by atoms with Gasteiger partial charge in [0.1, 0.15) is 17.3 Å². The Hall–Kier alpha value is -4.13. The molecule has 2 aromatic carbocycles. The molecule has 0 radical (unpaired) electrons. The number of hydrogen-bond donors (Lipinski definition) is 1. The molecule has 1 aliphatic rings. The Bertz CT molecular complexity index is 1240. The molecular weight excluding hydrogens is 426 g/mol. The van der Waals surface area contributed by atoms with Crippen molar-refractivity contribution < 1.29 is 9.53 Å². The number of pyridine rings is 1. The third kappa shape index (κ3) is 4.78. The van der Waals surface area contributed by atoms with Crippen molar-refractivity contribution in [1.82, 2.24) is 14.8 Å². The Labute approximate surface area is 199 Å². The lowest BCUT2D eigenvalue weighted by atomic mass is 10.1. The minimum atomic E-state index is -0.221. The number of rotatable bonds is 7. The van der Waals surface area contributed by atoms with Crippen molar-refractivity contribution in [3.8, 4) is 17.0 Å². The number of nitrogens with one attached hydrogen (secondary N) is 1. The standard InChI is InChI=1S/C27H27N5O2/c1-34-23-12-9-21(10-13-23)26-24(19-32(30-26)18-20-7-3-2-4-8-20)27(33)29-22-11-14-25(28-17-22)31-15-5-6-16-31/h2-4,7-14,17,19H,5-6,15-16,18H2,1H3,(H,29,33). The van der Waals surface area contributed by atoms with Crippen molar-refractivity contribution in [2.75, 3.05) is 30.4 Å². The summed E-state index contributed by atoms with van der Waals surface area (Å²) < 4.78 is 7.08. The number of methoxy groups -OCH3 is 1. The second kappa shape index (κ2) is 9.79. The number of carbonyl (C=O) groups is 1. The van der Waals surface area contributed by atoms with Gasteiger partial charge in [-0.15, -0.1) is 0 Å². The number of aromatic nitrogens is 3. The topological polar surface area (TPSA) is 72.3 Å². The lowest BCUT2D eigenvalue weighted by Crippen LogP contribution is -2.19. The highest BCUT2D eigenvalue weighted by molar-refractivity contribution is 6.08. The summed E-state index contributed by atoms with van der Waals surface area (Å²) in [6.45, 7) is 2.64. The fourth-order valence-electron chi connectivity index (χ4n) is 4.19. The Morgan fingerprint density at radius 3 is 2.44 bits per heavy atom. The molecule has 1 aliphatic heterocycles. The van der Waals surface area contributed by atoms with E-state index in [9.17, 15) is 4.79 Å². The number of hydrogen-bond acceptors (Lipinski definition) is 5. The quantitative estimate of drug-likeness (QED) is 0.433. The van der Waals surface area contributed by atoms with Crippen LogP contribution in [0.25, 0.3) is 11.3 Å². The van der Waals surface area contributed by atoms with Crippen LogP contribution < -0.4 is 15.0 Å². The Morgan fingerprint density at radius 1 is 1.00 bits per heavy atom. The number of carbonyl (C=O) groups excluding carboxylic acids is 1. The van der Waals surface area contributed by atoms with Crippen LogP contribution in [0.15, 0.2) is 79.1 Å². The number of benzene rings is 2. The highest BCUT2D eigenvalue weighted by Crippen LogP contribution is 2.26. The Balaban J connectivity index is 1.41. The lowest BCUT2D eigenvalue weighted by molar-refractivity contribution is 0.102. The predicted octanol–water partition coefficient (Wildman–Crippen LogP) is 4.85. The first kappa shape index (κ1) is 21.7. The predicted molar refractivity (Wildman–Crippen MR) is 133 cm³/mol. The molecule has 7 nitrogen and oxygen atoms in total. The molecule has 0 spiro atoms. The zero-order chi connectivity index (χ0) is 23.3. The van der Waals surface area contributed by atoms with Crippen molar-refractivity contribution in [2.24, 2.45) is 0 Å². The van der Waals surface area contributed by atoms with Gasteiger partial charge in [0.05, 0.1) is 31.1 Å². The van der Waals surface area contributed by atoms with Gasteiger partial charge >= 0.3 is 0 Å². The zero-order valence-corrected chi connectivity index (χ0v) is 19.1. The summed E-state index contributed by atoms with van der Waals surface area (Å²) in [7, 11) is 1.63. The van der Waals surface area contributed by atoms with E-state index in [1.54, 1.807) is 24.2 Å². The van der Waals surface area contributed by atoms with E-state index in [0.717, 1.165) is 35.8 Å². The van der Waals surface area contributed by atoms with Gasteiger partial charge in [0.15, 0.2) is 0 Å². The largest absolute Gasteiger partial charge is 0.497 e. The number of anilines is 2. The fraction of sp³-hybridized carbons (Fsp3) is 0.222. The van der Waals surface area contributed by atoms with Gasteiger partial charge in [0.2, 0.25) is 0 Å². The van der Waals surface area contributed by atoms with Gasteiger partial charge in [-0.2, -0.15) is 5.10 Å². The smallest absolute Gasteiger partial charge is 0.259 e. The van der Waals surface area contributed by atoms with Crippen LogP contribution >= 0.6 is 0 Å². The van der Waals surface area contributed by atoms with E-state index in [0.29, 0.717) is 23.5 Å². The Kier molecular flexibility index (Phi) is 6.25. The van der Waals surface area contributed by atoms with Crippen molar-refractivity contribution in [2.45, 2.75) is 19.4 Å². The Morgan fingerprint density at radius 2 is 1.76 bits per heavy atom. The van der Waals surface area contributed by atoms with E-state index in [-0.39, 0.29) is 5.91 Å². The maximum absolute atomic E-state index is 13.3. The van der Waals surface area contributed by atoms with Gasteiger partial charge in [0.25, 0.3) is 5.91 Å². The molecule has 7 heteroatoms. The summed E-state index contributed by atoms with van der Waals surface area (Å²) in [4.78, 5) is 20.1. The van der Waals surface area contributed by atoms with Crippen LogP contribution in [-0.2, 0) is 6.54 Å². The molecular formula is C27H27N5O2. The van der Waals surface area contributed by atoms with Gasteiger partial charge in [-0.3, -0.25) is 9.48 Å². The van der Waals surface area contributed by atoms with E-state index >= 15 is 0 Å². The maximum atomic E-state index is 13.3. The molecule has 3 heterocycles. The van der Waals surface area contributed by atoms with Crippen molar-refractivity contribution in [1.29, 1.82) is 0 Å². The highest BCUT2D eigenvalue weighted by Gasteiger charge is 2.19. The monoisotopic (exact) mass is 453 g/mol. The van der Waals surface area contributed by atoms with Gasteiger partial charge < -0.3 is 15.0 Å². The molecule has 172 valence electrons. The van der Waals surface area contributed by atoms with Crippen LogP contribution in [0.5, 0.6) is 5.75 Å². The van der Waals surface area contributed by atoms with Crippen LogP contribution in [0, 0.1) is 0 Å². The minimum Gasteiger partial charge on any atom is -0.497 e. The number of ether oxygens (including phenoxy) is 1. The molecule has 0 aliphatic carbocycles. The second-order valence-corrected chi connectivity index (χ2v) is 8.36. The summed E-state index contributed by atoms with van der Waals surface area (Å²) in [5, 5.41) is 7.74. The first-order valence-corrected chi connectivity index (χ1v) is 11.5. The average molecular weight is 454 g/mol. The average Bonchev–Trinajstić information content (AvgIpc) is 3.56. The first-order valence-electron chi connectivity index (χ1n) is 11.5. The van der Waals surface area contributed by atoms with Crippen LogP contribution in [0.2, 0.25) is 0 Å². The summed E-state index contributed by atoms with van der Waals surface area (Å²) in [5.74, 6) is 1.48. The molecule has 1 N–H and O–H groups in total. The molecule has 4 aromatic rings. The van der Waals surface area contributed by atoms with Crippen molar-refractivity contribution >= 4 is 17.4 Å². The third-order valence-corrected chi connectivity index (χ3v) is 5.99. The van der Waals surface area contributed by atoms with E-state index in [1.165, 1.54) is 12.8 Å². The molecule has 34 heavy (non-hydrogen) atoms. The highest BCUT2D eigenvalue weighted by atomic mass is 16.5. The van der Waals surface area contributed by atoms with Crippen LogP contribution in [-0.4, -0.2) is 40.9 Å². The molecule has 0 atom stereocenters. The molecule has 2 aromatic heterocycles. The number of nitrogens with zero attached hydrogens (tertiary/aromatic N) is 4. The second-order valence-electron chi connectivity index (χ2n) is 8.36. The third-order valence-electron chi connectivity index (χ3n) is 5.99. The van der Waals surface area contributed by atoms with Crippen LogP contribution in [0.3, 0.4) is 0 Å². The van der Waals surface area contributed by atoms with Crippen LogP contribution in [0.1, 0.15) is 28.8 Å². The van der Waals surface area contributed by atoms with Gasteiger partial charge in [0, 0.05) is 24.8 Å². The molecule has 0 unspecified atom stereocenters. The summed E-state index contributed by atoms with van der Waals surface area (Å²) in [6.07, 6.45) is 5.91. The molecule has 5 rings (SSSR count). The van der Waals surface area contributed by atoms with Gasteiger partial charge in [-0.25, -0.2) is 4.98 Å². The summed E-state index contributed by atoms with van der Waals surface area (Å²) in [6, 6.07) is 21.5. The normalized spacial score (nSPS) is 13.1. The molecule has 1 amide bonds. The molecule has 1 saturated heterocycles. The van der Waals surface area contributed by atoms with Crippen molar-refractivity contribution in [3.05, 3.63) is 90.3 Å². The van der Waals surface area contributed by atoms with E-state index in [1.807, 2.05) is 66.7 Å². The van der Waals surface area contributed by atoms with E-state index in [4.69, 9.17) is 9.84 Å². The maximum Gasteiger partial charge on any atom is 0.259 e. The van der Waals surface area contributed by atoms with Gasteiger partial charge in [-0.1, -0.05) is 30.3 Å². The molecule has 1 fully saturated rings. The van der Waals surface area contributed by atoms with E-state index in [2.05, 4.69) is 15.2 Å². The number of amides is 1. The first-order chi connectivity index (χ1) is 16.7. The summed E-state index contributed by atoms with van der Waals surface area (Å²) in [5.41, 5.74) is 3.74.